The minimum atomic E-state index is -0.430. The molecular weight excluding hydrogens is 446 g/mol. The lowest BCUT2D eigenvalue weighted by atomic mass is 9.88. The molecule has 2 N–H and O–H groups in total. The van der Waals surface area contributed by atoms with Crippen LogP contribution in [0.25, 0.3) is 5.57 Å². The number of benzene rings is 1. The number of hydrogen-bond acceptors (Lipinski definition) is 6. The number of allylic oxidation sites excluding steroid dienone is 2. The number of carbonyl (C=O) groups is 1. The lowest BCUT2D eigenvalue weighted by molar-refractivity contribution is 0.0439. The van der Waals surface area contributed by atoms with E-state index in [1.807, 2.05) is 18.2 Å². The maximum absolute atomic E-state index is 11.9. The van der Waals surface area contributed by atoms with Crippen LogP contribution >= 0.6 is 11.3 Å². The van der Waals surface area contributed by atoms with Crippen LogP contribution in [-0.2, 0) is 11.2 Å². The van der Waals surface area contributed by atoms with Gasteiger partial charge in [-0.25, -0.2) is 4.79 Å². The first-order chi connectivity index (χ1) is 16.6. The van der Waals surface area contributed by atoms with Crippen LogP contribution < -0.4 is 0 Å². The van der Waals surface area contributed by atoms with Gasteiger partial charge in [0.1, 0.15) is 11.5 Å². The van der Waals surface area contributed by atoms with E-state index in [0.717, 1.165) is 84.9 Å². The van der Waals surface area contributed by atoms with Crippen molar-refractivity contribution < 1.29 is 19.7 Å². The summed E-state index contributed by atoms with van der Waals surface area (Å²) in [5.41, 5.74) is 4.08. The van der Waals surface area contributed by atoms with Gasteiger partial charge in [0.2, 0.25) is 0 Å². The Balaban J connectivity index is 1.59. The molecule has 0 radical (unpaired) electrons. The van der Waals surface area contributed by atoms with Crippen LogP contribution in [0.5, 0.6) is 0 Å². The number of aliphatic hydroxyl groups excluding tert-OH is 2. The topological polar surface area (TPSA) is 90.5 Å². The van der Waals surface area contributed by atoms with Crippen LogP contribution in [0.1, 0.15) is 90.1 Å². The first-order valence-corrected chi connectivity index (χ1v) is 13.2. The minimum absolute atomic E-state index is 0.0167. The van der Waals surface area contributed by atoms with Gasteiger partial charge in [-0.2, -0.15) is 5.26 Å². The van der Waals surface area contributed by atoms with E-state index >= 15 is 0 Å². The van der Waals surface area contributed by atoms with Crippen LogP contribution in [0.4, 0.5) is 0 Å². The molecule has 1 aromatic carbocycles. The summed E-state index contributed by atoms with van der Waals surface area (Å²) < 4.78 is 4.98. The molecule has 0 spiro atoms. The molecule has 0 amide bonds. The highest BCUT2D eigenvalue weighted by atomic mass is 32.1. The number of ether oxygens (including phenoxy) is 1. The molecular formula is C28H35NO4S. The van der Waals surface area contributed by atoms with E-state index < -0.39 is 6.10 Å². The van der Waals surface area contributed by atoms with Crippen molar-refractivity contribution in [2.75, 3.05) is 13.2 Å². The lowest BCUT2D eigenvalue weighted by Gasteiger charge is -2.17. The molecule has 1 aromatic heterocycles. The van der Waals surface area contributed by atoms with Gasteiger partial charge in [-0.3, -0.25) is 0 Å². The average Bonchev–Trinajstić information content (AvgIpc) is 3.50. The Morgan fingerprint density at radius 3 is 2.71 bits per heavy atom. The Morgan fingerprint density at radius 2 is 2.00 bits per heavy atom. The summed E-state index contributed by atoms with van der Waals surface area (Å²) in [5.74, 6) is -0.0344. The van der Waals surface area contributed by atoms with E-state index in [2.05, 4.69) is 25.1 Å². The van der Waals surface area contributed by atoms with E-state index in [1.54, 1.807) is 6.07 Å². The molecule has 5 nitrogen and oxygen atoms in total. The Kier molecular flexibility index (Phi) is 10.3. The summed E-state index contributed by atoms with van der Waals surface area (Å²) in [6.45, 7) is 2.01. The number of nitrogens with zero attached hydrogens (tertiary/aromatic N) is 1. The van der Waals surface area contributed by atoms with Crippen molar-refractivity contribution in [2.45, 2.75) is 70.8 Å². The molecule has 2 unspecified atom stereocenters. The molecule has 0 saturated carbocycles. The lowest BCUT2D eigenvalue weighted by Crippen LogP contribution is -2.06. The van der Waals surface area contributed by atoms with Crippen LogP contribution in [0.15, 0.2) is 42.0 Å². The van der Waals surface area contributed by atoms with E-state index in [9.17, 15) is 15.2 Å². The zero-order chi connectivity index (χ0) is 24.3. The molecule has 182 valence electrons. The quantitative estimate of drug-likeness (QED) is 0.262. The van der Waals surface area contributed by atoms with Gasteiger partial charge in [-0.15, -0.1) is 11.3 Å². The van der Waals surface area contributed by atoms with Gasteiger partial charge in [0.15, 0.2) is 0 Å². The number of nitriles is 1. The maximum Gasteiger partial charge on any atom is 0.348 e. The first kappa shape index (κ1) is 26.2. The van der Waals surface area contributed by atoms with Gasteiger partial charge in [0.05, 0.1) is 18.8 Å². The molecule has 2 aromatic rings. The average molecular weight is 482 g/mol. The highest BCUT2D eigenvalue weighted by Crippen LogP contribution is 2.41. The first-order valence-electron chi connectivity index (χ1n) is 12.4. The smallest absolute Gasteiger partial charge is 0.348 e. The van der Waals surface area contributed by atoms with Crippen LogP contribution in [0, 0.1) is 17.2 Å². The van der Waals surface area contributed by atoms with E-state index in [-0.39, 0.29) is 19.2 Å². The number of unbranched alkanes of at least 4 members (excludes halogenated alkanes) is 2. The van der Waals surface area contributed by atoms with Crippen molar-refractivity contribution in [3.63, 3.8) is 0 Å². The molecule has 1 aliphatic rings. The third kappa shape index (κ3) is 7.02. The highest BCUT2D eigenvalue weighted by Gasteiger charge is 2.26. The Labute approximate surface area is 206 Å². The largest absolute Gasteiger partial charge is 0.459 e. The van der Waals surface area contributed by atoms with Crippen LogP contribution in [-0.4, -0.2) is 29.4 Å². The highest BCUT2D eigenvalue weighted by molar-refractivity contribution is 7.13. The molecule has 2 atom stereocenters. The third-order valence-corrected chi connectivity index (χ3v) is 7.59. The fourth-order valence-corrected chi connectivity index (χ4v) is 5.60. The number of carbonyl (C=O) groups excluding carboxylic acids is 1. The molecule has 3 rings (SSSR count). The molecule has 0 fully saturated rings. The number of aliphatic hydroxyl groups is 2. The summed E-state index contributed by atoms with van der Waals surface area (Å²) in [7, 11) is 0. The normalized spacial score (nSPS) is 16.5. The molecule has 0 saturated heterocycles. The summed E-state index contributed by atoms with van der Waals surface area (Å²) in [4.78, 5) is 13.6. The molecule has 0 bridgehead atoms. The molecule has 6 heteroatoms. The van der Waals surface area contributed by atoms with Gasteiger partial charge < -0.3 is 14.9 Å². The zero-order valence-corrected chi connectivity index (χ0v) is 20.8. The fraction of sp³-hybridized carbons (Fsp3) is 0.500. The van der Waals surface area contributed by atoms with Crippen molar-refractivity contribution in [1.82, 2.24) is 0 Å². The molecule has 34 heavy (non-hydrogen) atoms. The number of esters is 1. The molecule has 0 aliphatic heterocycles. The maximum atomic E-state index is 11.9. The second-order valence-corrected chi connectivity index (χ2v) is 10.1. The van der Waals surface area contributed by atoms with Crippen LogP contribution in [0.2, 0.25) is 0 Å². The van der Waals surface area contributed by atoms with Crippen molar-refractivity contribution in [3.05, 3.63) is 62.9 Å². The summed E-state index contributed by atoms with van der Waals surface area (Å²) >= 11 is 1.44. The van der Waals surface area contributed by atoms with Crippen molar-refractivity contribution in [3.8, 4) is 6.07 Å². The van der Waals surface area contributed by atoms with Gasteiger partial charge in [0, 0.05) is 10.5 Å². The SMILES string of the molecule is CCCCCC(O)c1ccc(C2=C(C#N)CCC2CCCc2ccc(C(=O)OCCO)s2)cc1. The summed E-state index contributed by atoms with van der Waals surface area (Å²) in [5, 5.41) is 28.9. The number of hydrogen-bond donors (Lipinski definition) is 2. The predicted molar refractivity (Wildman–Crippen MR) is 135 cm³/mol. The van der Waals surface area contributed by atoms with Gasteiger partial charge in [0.25, 0.3) is 0 Å². The van der Waals surface area contributed by atoms with Crippen molar-refractivity contribution >= 4 is 22.9 Å². The van der Waals surface area contributed by atoms with Crippen LogP contribution in [0.3, 0.4) is 0 Å². The Hall–Kier alpha value is -2.46. The van der Waals surface area contributed by atoms with Crippen molar-refractivity contribution in [2.24, 2.45) is 5.92 Å². The number of thiophene rings is 1. The van der Waals surface area contributed by atoms with Gasteiger partial charge >= 0.3 is 5.97 Å². The standard InChI is InChI=1S/C28H35NO4S/c1-2-3-4-8-25(31)20-9-11-22(12-10-20)27-21(13-14-23(27)19-29)6-5-7-24-15-16-26(34-24)28(32)33-18-17-30/h9-12,15-16,21,25,30-31H,2-8,13-14,17-18H2,1H3. The number of rotatable bonds is 13. The van der Waals surface area contributed by atoms with Gasteiger partial charge in [-0.1, -0.05) is 50.5 Å². The molecule has 1 heterocycles. The van der Waals surface area contributed by atoms with Gasteiger partial charge in [-0.05, 0) is 73.3 Å². The van der Waals surface area contributed by atoms with E-state index in [4.69, 9.17) is 9.84 Å². The Morgan fingerprint density at radius 1 is 1.21 bits per heavy atom. The number of aryl methyl sites for hydroxylation is 1. The second kappa shape index (κ2) is 13.4. The minimum Gasteiger partial charge on any atom is -0.459 e. The third-order valence-electron chi connectivity index (χ3n) is 6.46. The monoisotopic (exact) mass is 481 g/mol. The second-order valence-electron chi connectivity index (χ2n) is 8.89. The van der Waals surface area contributed by atoms with E-state index in [0.29, 0.717) is 10.8 Å². The summed E-state index contributed by atoms with van der Waals surface area (Å²) in [6, 6.07) is 14.3. The fourth-order valence-electron chi connectivity index (χ4n) is 4.65. The Bertz CT molecular complexity index is 1000. The molecule has 1 aliphatic carbocycles. The zero-order valence-electron chi connectivity index (χ0n) is 20.0. The van der Waals surface area contributed by atoms with Crippen molar-refractivity contribution in [1.29, 1.82) is 5.26 Å². The predicted octanol–water partition coefficient (Wildman–Crippen LogP) is 6.22. The summed E-state index contributed by atoms with van der Waals surface area (Å²) in [6.07, 6.45) is 8.32. The van der Waals surface area contributed by atoms with E-state index in [1.165, 1.54) is 11.3 Å².